The number of hydrogen-bond donors (Lipinski definition) is 0. The average molecular weight is 152 g/mol. The molecule has 0 saturated heterocycles. The second kappa shape index (κ2) is 5.83. The second-order valence-corrected chi connectivity index (χ2v) is 2.52. The van der Waals surface area contributed by atoms with Crippen molar-refractivity contribution in [3.8, 4) is 0 Å². The molecule has 2 nitrogen and oxygen atoms in total. The first kappa shape index (κ1) is 10.1. The molecule has 0 saturated carbocycles. The van der Waals surface area contributed by atoms with Crippen molar-refractivity contribution in [2.75, 3.05) is 6.54 Å². The van der Waals surface area contributed by atoms with Gasteiger partial charge in [-0.25, -0.2) is 0 Å². The lowest BCUT2D eigenvalue weighted by Gasteiger charge is -2.01. The molecule has 0 heterocycles. The van der Waals surface area contributed by atoms with Crippen LogP contribution in [0.3, 0.4) is 0 Å². The Balaban J connectivity index is 4.22. The summed E-state index contributed by atoms with van der Waals surface area (Å²) in [5.74, 6) is 0.420. The molecule has 0 aromatic carbocycles. The van der Waals surface area contributed by atoms with E-state index in [4.69, 9.17) is 0 Å². The van der Waals surface area contributed by atoms with Crippen LogP contribution in [0.5, 0.6) is 0 Å². The Morgan fingerprint density at radius 3 is 2.55 bits per heavy atom. The maximum Gasteiger partial charge on any atom is 0.0606 e. The van der Waals surface area contributed by atoms with Gasteiger partial charge in [-0.15, -0.1) is 0 Å². The number of hydrogen-bond acceptors (Lipinski definition) is 2. The fraction of sp³-hybridized carbons (Fsp3) is 0.556. The predicted molar refractivity (Wildman–Crippen MR) is 51.5 cm³/mol. The van der Waals surface area contributed by atoms with Crippen molar-refractivity contribution in [1.29, 1.82) is 0 Å². The molecule has 0 aromatic rings. The minimum atomic E-state index is 0.420. The molecule has 0 unspecified atom stereocenters. The van der Waals surface area contributed by atoms with E-state index >= 15 is 0 Å². The molecule has 0 fully saturated rings. The summed E-state index contributed by atoms with van der Waals surface area (Å²) in [4.78, 5) is 8.20. The standard InChI is InChI=1S/C9H16N2/c1-5-10-7-9(8(3)4)11-6-2/h6-8H,2,5H2,1,3-4H3. The molecule has 11 heavy (non-hydrogen) atoms. The van der Waals surface area contributed by atoms with E-state index in [2.05, 4.69) is 30.4 Å². The van der Waals surface area contributed by atoms with Crippen LogP contribution < -0.4 is 0 Å². The Morgan fingerprint density at radius 2 is 2.18 bits per heavy atom. The van der Waals surface area contributed by atoms with Crippen molar-refractivity contribution in [2.24, 2.45) is 15.9 Å². The van der Waals surface area contributed by atoms with Crippen molar-refractivity contribution in [3.63, 3.8) is 0 Å². The molecule has 0 aromatic heterocycles. The molecule has 0 aliphatic rings. The molecule has 0 radical (unpaired) electrons. The zero-order valence-corrected chi connectivity index (χ0v) is 7.54. The number of aliphatic imine (C=N–C) groups is 2. The van der Waals surface area contributed by atoms with Gasteiger partial charge in [-0.1, -0.05) is 20.4 Å². The molecule has 0 N–H and O–H groups in total. The van der Waals surface area contributed by atoms with Crippen LogP contribution >= 0.6 is 0 Å². The topological polar surface area (TPSA) is 24.7 Å². The zero-order chi connectivity index (χ0) is 8.69. The Hall–Kier alpha value is -0.920. The molecule has 2 heteroatoms. The van der Waals surface area contributed by atoms with E-state index in [-0.39, 0.29) is 0 Å². The minimum absolute atomic E-state index is 0.420. The molecule has 62 valence electrons. The van der Waals surface area contributed by atoms with Gasteiger partial charge in [-0.05, 0) is 12.8 Å². The summed E-state index contributed by atoms with van der Waals surface area (Å²) >= 11 is 0. The first-order valence-corrected chi connectivity index (χ1v) is 3.90. The van der Waals surface area contributed by atoms with E-state index in [0.717, 1.165) is 12.3 Å². The third-order valence-electron chi connectivity index (χ3n) is 1.24. The van der Waals surface area contributed by atoms with E-state index in [9.17, 15) is 0 Å². The van der Waals surface area contributed by atoms with Crippen LogP contribution in [0.15, 0.2) is 22.8 Å². The molecular formula is C9H16N2. The van der Waals surface area contributed by atoms with Crippen molar-refractivity contribution in [3.05, 3.63) is 12.8 Å². The first-order valence-electron chi connectivity index (χ1n) is 3.90. The highest BCUT2D eigenvalue weighted by atomic mass is 14.8. The number of rotatable bonds is 4. The fourth-order valence-corrected chi connectivity index (χ4v) is 0.622. The van der Waals surface area contributed by atoms with Gasteiger partial charge in [0, 0.05) is 19.0 Å². The van der Waals surface area contributed by atoms with Gasteiger partial charge >= 0.3 is 0 Å². The molecule has 0 rings (SSSR count). The van der Waals surface area contributed by atoms with Crippen molar-refractivity contribution >= 4 is 11.9 Å². The molecule has 0 aliphatic heterocycles. The van der Waals surface area contributed by atoms with Gasteiger partial charge in [-0.2, -0.15) is 0 Å². The average Bonchev–Trinajstić information content (AvgIpc) is 1.97. The second-order valence-electron chi connectivity index (χ2n) is 2.52. The molecule has 0 amide bonds. The normalized spacial score (nSPS) is 12.9. The van der Waals surface area contributed by atoms with E-state index < -0.39 is 0 Å². The summed E-state index contributed by atoms with van der Waals surface area (Å²) in [5, 5.41) is 0. The lowest BCUT2D eigenvalue weighted by Crippen LogP contribution is -2.08. The molecular weight excluding hydrogens is 136 g/mol. The van der Waals surface area contributed by atoms with Crippen LogP contribution in [-0.2, 0) is 0 Å². The Kier molecular flexibility index (Phi) is 5.35. The highest BCUT2D eigenvalue weighted by Gasteiger charge is 1.98. The van der Waals surface area contributed by atoms with Crippen molar-refractivity contribution < 1.29 is 0 Å². The highest BCUT2D eigenvalue weighted by molar-refractivity contribution is 6.31. The van der Waals surface area contributed by atoms with E-state index in [1.54, 1.807) is 6.20 Å². The molecule has 0 spiro atoms. The lowest BCUT2D eigenvalue weighted by atomic mass is 10.1. The van der Waals surface area contributed by atoms with Crippen LogP contribution in [-0.4, -0.2) is 18.5 Å². The molecule has 0 atom stereocenters. The van der Waals surface area contributed by atoms with Crippen molar-refractivity contribution in [2.45, 2.75) is 20.8 Å². The smallest absolute Gasteiger partial charge is 0.0606 e. The lowest BCUT2D eigenvalue weighted by molar-refractivity contribution is 0.895. The van der Waals surface area contributed by atoms with Gasteiger partial charge in [0.1, 0.15) is 0 Å². The summed E-state index contributed by atoms with van der Waals surface area (Å²) in [7, 11) is 0. The Bertz CT molecular complexity index is 166. The highest BCUT2D eigenvalue weighted by Crippen LogP contribution is 1.95. The zero-order valence-electron chi connectivity index (χ0n) is 7.54. The Labute approximate surface area is 68.8 Å². The van der Waals surface area contributed by atoms with Crippen LogP contribution in [0.4, 0.5) is 0 Å². The largest absolute Gasteiger partial charge is 0.292 e. The van der Waals surface area contributed by atoms with Gasteiger partial charge in [0.2, 0.25) is 0 Å². The summed E-state index contributed by atoms with van der Waals surface area (Å²) in [6.45, 7) is 10.5. The van der Waals surface area contributed by atoms with Crippen LogP contribution in [0.1, 0.15) is 20.8 Å². The number of nitrogens with zero attached hydrogens (tertiary/aromatic N) is 2. The summed E-state index contributed by atoms with van der Waals surface area (Å²) in [5.41, 5.74) is 0.988. The fourth-order valence-electron chi connectivity index (χ4n) is 0.622. The predicted octanol–water partition coefficient (Wildman–Crippen LogP) is 2.32. The Morgan fingerprint density at radius 1 is 1.55 bits per heavy atom. The first-order chi connectivity index (χ1) is 5.22. The maximum atomic E-state index is 4.11. The summed E-state index contributed by atoms with van der Waals surface area (Å²) < 4.78 is 0. The van der Waals surface area contributed by atoms with Crippen molar-refractivity contribution in [1.82, 2.24) is 0 Å². The van der Waals surface area contributed by atoms with Gasteiger partial charge in [0.15, 0.2) is 0 Å². The maximum absolute atomic E-state index is 4.11. The SMILES string of the molecule is C=CN=C(C=NCC)C(C)C. The minimum Gasteiger partial charge on any atom is -0.292 e. The van der Waals surface area contributed by atoms with E-state index in [1.807, 2.05) is 13.1 Å². The van der Waals surface area contributed by atoms with Gasteiger partial charge in [-0.3, -0.25) is 9.98 Å². The van der Waals surface area contributed by atoms with Crippen LogP contribution in [0.2, 0.25) is 0 Å². The van der Waals surface area contributed by atoms with E-state index in [0.29, 0.717) is 5.92 Å². The van der Waals surface area contributed by atoms with Gasteiger partial charge in [0.25, 0.3) is 0 Å². The third kappa shape index (κ3) is 4.48. The third-order valence-corrected chi connectivity index (χ3v) is 1.24. The van der Waals surface area contributed by atoms with Gasteiger partial charge in [0.05, 0.1) is 5.71 Å². The van der Waals surface area contributed by atoms with E-state index in [1.165, 1.54) is 0 Å². The quantitative estimate of drug-likeness (QED) is 0.552. The van der Waals surface area contributed by atoms with Gasteiger partial charge < -0.3 is 0 Å². The van der Waals surface area contributed by atoms with Crippen LogP contribution in [0, 0.1) is 5.92 Å². The monoisotopic (exact) mass is 152 g/mol. The summed E-state index contributed by atoms with van der Waals surface area (Å²) in [6, 6.07) is 0. The molecule has 0 aliphatic carbocycles. The van der Waals surface area contributed by atoms with Crippen LogP contribution in [0.25, 0.3) is 0 Å². The molecule has 0 bridgehead atoms. The summed E-state index contributed by atoms with van der Waals surface area (Å²) in [6.07, 6.45) is 3.36.